The van der Waals surface area contributed by atoms with Crippen LogP contribution in [0, 0.1) is 0 Å². The Kier molecular flexibility index (Phi) is 6.08. The molecule has 1 saturated heterocycles. The van der Waals surface area contributed by atoms with Crippen molar-refractivity contribution in [2.24, 2.45) is 0 Å². The van der Waals surface area contributed by atoms with E-state index in [9.17, 15) is 0 Å². The Hall–Kier alpha value is -0.590. The van der Waals surface area contributed by atoms with Crippen molar-refractivity contribution >= 4 is 11.8 Å². The van der Waals surface area contributed by atoms with Gasteiger partial charge in [-0.1, -0.05) is 32.9 Å². The predicted molar refractivity (Wildman–Crippen MR) is 89.6 cm³/mol. The van der Waals surface area contributed by atoms with E-state index in [1.54, 1.807) is 0 Å². The van der Waals surface area contributed by atoms with Crippen LogP contribution in [0.5, 0.6) is 0 Å². The monoisotopic (exact) mass is 311 g/mol. The van der Waals surface area contributed by atoms with E-state index in [0.717, 1.165) is 25.3 Å². The van der Waals surface area contributed by atoms with Gasteiger partial charge in [-0.25, -0.2) is 0 Å². The molecule has 0 unspecified atom stereocenters. The van der Waals surface area contributed by atoms with Crippen LogP contribution in [0.2, 0.25) is 0 Å². The lowest BCUT2D eigenvalue weighted by molar-refractivity contribution is 0.267. The SMILES string of the molecule is CC(C)NCc1cn(CCN2CCSC(C)(C)CC2)nn1. The molecule has 2 rings (SSSR count). The summed E-state index contributed by atoms with van der Waals surface area (Å²) < 4.78 is 2.40. The first kappa shape index (κ1) is 16.8. The zero-order valence-electron chi connectivity index (χ0n) is 13.8. The van der Waals surface area contributed by atoms with Crippen molar-refractivity contribution in [3.8, 4) is 0 Å². The first-order valence-electron chi connectivity index (χ1n) is 7.93. The summed E-state index contributed by atoms with van der Waals surface area (Å²) in [7, 11) is 0. The molecule has 1 N–H and O–H groups in total. The number of hydrogen-bond acceptors (Lipinski definition) is 5. The average molecular weight is 311 g/mol. The van der Waals surface area contributed by atoms with Gasteiger partial charge in [0.15, 0.2) is 0 Å². The third-order valence-corrected chi connectivity index (χ3v) is 5.23. The molecule has 0 amide bonds. The Balaban J connectivity index is 1.75. The van der Waals surface area contributed by atoms with Gasteiger partial charge in [0, 0.05) is 42.4 Å². The molecule has 21 heavy (non-hydrogen) atoms. The van der Waals surface area contributed by atoms with Gasteiger partial charge in [0.1, 0.15) is 0 Å². The molecule has 5 nitrogen and oxygen atoms in total. The maximum Gasteiger partial charge on any atom is 0.0964 e. The van der Waals surface area contributed by atoms with Gasteiger partial charge in [0.25, 0.3) is 0 Å². The Morgan fingerprint density at radius 3 is 2.90 bits per heavy atom. The average Bonchev–Trinajstić information content (AvgIpc) is 2.79. The minimum Gasteiger partial charge on any atom is -0.309 e. The molecule has 0 saturated carbocycles. The van der Waals surface area contributed by atoms with Crippen LogP contribution in [0.25, 0.3) is 0 Å². The van der Waals surface area contributed by atoms with Crippen molar-refractivity contribution in [3.05, 3.63) is 11.9 Å². The first-order valence-corrected chi connectivity index (χ1v) is 8.92. The molecule has 2 heterocycles. The highest BCUT2D eigenvalue weighted by Gasteiger charge is 2.23. The van der Waals surface area contributed by atoms with Gasteiger partial charge in [-0.2, -0.15) is 11.8 Å². The molecule has 0 atom stereocenters. The second kappa shape index (κ2) is 7.61. The summed E-state index contributed by atoms with van der Waals surface area (Å²) in [6, 6.07) is 0.480. The van der Waals surface area contributed by atoms with Gasteiger partial charge in [0.05, 0.1) is 12.2 Å². The van der Waals surface area contributed by atoms with Crippen molar-refractivity contribution in [1.82, 2.24) is 25.2 Å². The largest absolute Gasteiger partial charge is 0.309 e. The lowest BCUT2D eigenvalue weighted by Crippen LogP contribution is -2.30. The molecule has 0 radical (unpaired) electrons. The van der Waals surface area contributed by atoms with E-state index in [2.05, 4.69) is 66.2 Å². The van der Waals surface area contributed by atoms with E-state index in [4.69, 9.17) is 0 Å². The van der Waals surface area contributed by atoms with Crippen LogP contribution < -0.4 is 5.32 Å². The fourth-order valence-electron chi connectivity index (χ4n) is 2.37. The van der Waals surface area contributed by atoms with Crippen molar-refractivity contribution in [2.45, 2.75) is 58.0 Å². The molecule has 0 bridgehead atoms. The summed E-state index contributed by atoms with van der Waals surface area (Å²) in [4.78, 5) is 2.55. The van der Waals surface area contributed by atoms with E-state index >= 15 is 0 Å². The van der Waals surface area contributed by atoms with Crippen LogP contribution in [0.1, 0.15) is 39.8 Å². The van der Waals surface area contributed by atoms with Gasteiger partial charge < -0.3 is 10.2 Å². The zero-order chi connectivity index (χ0) is 15.3. The topological polar surface area (TPSA) is 46.0 Å². The van der Waals surface area contributed by atoms with E-state index in [-0.39, 0.29) is 0 Å². The van der Waals surface area contributed by atoms with Crippen molar-refractivity contribution in [1.29, 1.82) is 0 Å². The number of nitrogens with one attached hydrogen (secondary N) is 1. The van der Waals surface area contributed by atoms with E-state index in [1.807, 2.05) is 4.68 Å². The maximum atomic E-state index is 4.23. The number of hydrogen-bond donors (Lipinski definition) is 1. The molecule has 1 aromatic rings. The predicted octanol–water partition coefficient (Wildman–Crippen LogP) is 1.99. The number of thioether (sulfide) groups is 1. The molecule has 6 heteroatoms. The number of aromatic nitrogens is 3. The summed E-state index contributed by atoms with van der Waals surface area (Å²) in [5.41, 5.74) is 1.02. The summed E-state index contributed by atoms with van der Waals surface area (Å²) >= 11 is 2.10. The minimum absolute atomic E-state index is 0.428. The molecule has 0 spiro atoms. The van der Waals surface area contributed by atoms with Gasteiger partial charge in [0.2, 0.25) is 0 Å². The van der Waals surface area contributed by atoms with Crippen molar-refractivity contribution in [3.63, 3.8) is 0 Å². The van der Waals surface area contributed by atoms with Crippen LogP contribution in [-0.2, 0) is 13.1 Å². The third kappa shape index (κ3) is 5.96. The van der Waals surface area contributed by atoms with Gasteiger partial charge in [-0.15, -0.1) is 5.10 Å². The lowest BCUT2D eigenvalue weighted by atomic mass is 10.1. The Bertz CT molecular complexity index is 429. The number of rotatable bonds is 6. The summed E-state index contributed by atoms with van der Waals surface area (Å²) in [5.74, 6) is 1.23. The fourth-order valence-corrected chi connectivity index (χ4v) is 3.51. The quantitative estimate of drug-likeness (QED) is 0.870. The number of nitrogens with zero attached hydrogens (tertiary/aromatic N) is 4. The van der Waals surface area contributed by atoms with E-state index in [0.29, 0.717) is 10.8 Å². The van der Waals surface area contributed by atoms with Crippen LogP contribution in [0.3, 0.4) is 0 Å². The summed E-state index contributed by atoms with van der Waals surface area (Å²) in [6.07, 6.45) is 3.32. The lowest BCUT2D eigenvalue weighted by Gasteiger charge is -2.22. The van der Waals surface area contributed by atoms with Crippen molar-refractivity contribution in [2.75, 3.05) is 25.4 Å². The Morgan fingerprint density at radius 1 is 1.33 bits per heavy atom. The molecule has 1 aromatic heterocycles. The second-order valence-corrected chi connectivity index (χ2v) is 8.51. The molecule has 1 aliphatic heterocycles. The van der Waals surface area contributed by atoms with Crippen LogP contribution >= 0.6 is 11.8 Å². The minimum atomic E-state index is 0.428. The molecule has 0 aliphatic carbocycles. The van der Waals surface area contributed by atoms with E-state index in [1.165, 1.54) is 25.3 Å². The van der Waals surface area contributed by atoms with Crippen molar-refractivity contribution < 1.29 is 0 Å². The normalized spacial score (nSPS) is 19.9. The summed E-state index contributed by atoms with van der Waals surface area (Å²) in [5, 5.41) is 11.8. The van der Waals surface area contributed by atoms with Gasteiger partial charge >= 0.3 is 0 Å². The molecular weight excluding hydrogens is 282 g/mol. The smallest absolute Gasteiger partial charge is 0.0964 e. The zero-order valence-corrected chi connectivity index (χ0v) is 14.6. The fraction of sp³-hybridized carbons (Fsp3) is 0.867. The first-order chi connectivity index (χ1) is 9.94. The highest BCUT2D eigenvalue weighted by molar-refractivity contribution is 8.00. The van der Waals surface area contributed by atoms with Crippen LogP contribution in [0.4, 0.5) is 0 Å². The Labute approximate surface area is 132 Å². The second-order valence-electron chi connectivity index (χ2n) is 6.71. The molecular formula is C15H29N5S. The molecule has 0 aromatic carbocycles. The Morgan fingerprint density at radius 2 is 2.14 bits per heavy atom. The van der Waals surface area contributed by atoms with Crippen LogP contribution in [-0.4, -0.2) is 56.1 Å². The molecule has 1 fully saturated rings. The third-order valence-electron chi connectivity index (χ3n) is 3.85. The maximum absolute atomic E-state index is 4.23. The summed E-state index contributed by atoms with van der Waals surface area (Å²) in [6.45, 7) is 14.2. The molecule has 120 valence electrons. The molecule has 1 aliphatic rings. The van der Waals surface area contributed by atoms with Crippen LogP contribution in [0.15, 0.2) is 6.20 Å². The highest BCUT2D eigenvalue weighted by atomic mass is 32.2. The van der Waals surface area contributed by atoms with Gasteiger partial charge in [-0.3, -0.25) is 4.68 Å². The van der Waals surface area contributed by atoms with E-state index < -0.39 is 0 Å². The standard InChI is InChI=1S/C15H29N5S/c1-13(2)16-11-14-12-20(18-17-14)8-7-19-6-5-15(3,4)21-10-9-19/h12-13,16H,5-11H2,1-4H3. The van der Waals surface area contributed by atoms with Gasteiger partial charge in [-0.05, 0) is 13.0 Å². The highest BCUT2D eigenvalue weighted by Crippen LogP contribution is 2.30.